The third kappa shape index (κ3) is 3.46. The second kappa shape index (κ2) is 8.30. The quantitative estimate of drug-likeness (QED) is 0.311. The first-order valence-electron chi connectivity index (χ1n) is 10.9. The summed E-state index contributed by atoms with van der Waals surface area (Å²) in [4.78, 5) is 11.5. The van der Waals surface area contributed by atoms with Crippen LogP contribution in [0.5, 0.6) is 0 Å². The Morgan fingerprint density at radius 3 is 2.68 bits per heavy atom. The Balaban J connectivity index is 1.52. The number of nitrogens with one attached hydrogen (secondary N) is 1. The molecule has 0 aliphatic carbocycles. The molecule has 1 N–H and O–H groups in total. The van der Waals surface area contributed by atoms with E-state index in [0.29, 0.717) is 10.7 Å². The lowest BCUT2D eigenvalue weighted by Crippen LogP contribution is -2.30. The highest BCUT2D eigenvalue weighted by molar-refractivity contribution is 7.80. The Bertz CT molecular complexity index is 1480. The average Bonchev–Trinajstić information content (AvgIpc) is 3.57. The Labute approximate surface area is 205 Å². The van der Waals surface area contributed by atoms with Gasteiger partial charge >= 0.3 is 0 Å². The summed E-state index contributed by atoms with van der Waals surface area (Å²) in [7, 11) is 0. The number of anilines is 1. The molecule has 168 valence electrons. The number of hydrogen-bond acceptors (Lipinski definition) is 4. The van der Waals surface area contributed by atoms with Gasteiger partial charge in [0.2, 0.25) is 0 Å². The van der Waals surface area contributed by atoms with Crippen molar-refractivity contribution in [1.29, 1.82) is 0 Å². The highest BCUT2D eigenvalue weighted by Crippen LogP contribution is 2.43. The largest absolute Gasteiger partial charge is 0.351 e. The number of hydrogen-bond donors (Lipinski definition) is 1. The van der Waals surface area contributed by atoms with E-state index in [2.05, 4.69) is 31.9 Å². The first-order chi connectivity index (χ1) is 16.6. The Morgan fingerprint density at radius 1 is 1.03 bits per heavy atom. The topological polar surface area (TPSA) is 46.0 Å². The number of halogens is 1. The molecule has 0 spiro atoms. The van der Waals surface area contributed by atoms with Crippen LogP contribution in [-0.4, -0.2) is 19.6 Å². The van der Waals surface area contributed by atoms with Gasteiger partial charge in [-0.2, -0.15) is 0 Å². The molecule has 1 aliphatic heterocycles. The Kier molecular flexibility index (Phi) is 5.12. The molecule has 6 rings (SSSR count). The molecule has 8 heteroatoms. The van der Waals surface area contributed by atoms with E-state index in [9.17, 15) is 4.39 Å². The summed E-state index contributed by atoms with van der Waals surface area (Å²) in [5, 5.41) is 4.92. The first kappa shape index (κ1) is 20.9. The molecule has 4 heterocycles. The van der Waals surface area contributed by atoms with Crippen molar-refractivity contribution in [3.63, 3.8) is 0 Å². The van der Waals surface area contributed by atoms with Gasteiger partial charge in [0.1, 0.15) is 11.9 Å². The molecule has 5 nitrogen and oxygen atoms in total. The SMILES string of the molecule is Cc1cc(N2C(=S)NC(c3ccccn3)C2c2cccn2-c2nc3ccccc3s2)ccc1F. The van der Waals surface area contributed by atoms with Crippen molar-refractivity contribution >= 4 is 44.6 Å². The smallest absolute Gasteiger partial charge is 0.194 e. The predicted octanol–water partition coefficient (Wildman–Crippen LogP) is 6.11. The number of thiazole rings is 1. The molecular weight excluding hydrogens is 465 g/mol. The van der Waals surface area contributed by atoms with Gasteiger partial charge in [-0.05, 0) is 79.3 Å². The van der Waals surface area contributed by atoms with E-state index < -0.39 is 0 Å². The van der Waals surface area contributed by atoms with Crippen LogP contribution in [-0.2, 0) is 0 Å². The van der Waals surface area contributed by atoms with Crippen LogP contribution in [0.4, 0.5) is 10.1 Å². The Hall–Kier alpha value is -3.62. The lowest BCUT2D eigenvalue weighted by molar-refractivity contribution is 0.549. The molecule has 0 bridgehead atoms. The number of nitrogens with zero attached hydrogens (tertiary/aromatic N) is 4. The molecule has 1 aliphatic rings. The van der Waals surface area contributed by atoms with E-state index in [4.69, 9.17) is 17.2 Å². The first-order valence-corrected chi connectivity index (χ1v) is 12.1. The number of para-hydroxylation sites is 1. The molecule has 2 unspecified atom stereocenters. The molecule has 2 atom stereocenters. The maximum absolute atomic E-state index is 14.1. The monoisotopic (exact) mass is 485 g/mol. The van der Waals surface area contributed by atoms with Crippen LogP contribution in [0.25, 0.3) is 15.3 Å². The van der Waals surface area contributed by atoms with Gasteiger partial charge in [0.05, 0.1) is 27.6 Å². The minimum atomic E-state index is -0.238. The van der Waals surface area contributed by atoms with Gasteiger partial charge < -0.3 is 10.2 Å². The number of benzene rings is 2. The fraction of sp³-hybridized carbons (Fsp3) is 0.115. The van der Waals surface area contributed by atoms with Crippen molar-refractivity contribution in [2.24, 2.45) is 0 Å². The highest BCUT2D eigenvalue weighted by Gasteiger charge is 2.42. The van der Waals surface area contributed by atoms with Crippen LogP contribution in [0.3, 0.4) is 0 Å². The van der Waals surface area contributed by atoms with Crippen molar-refractivity contribution in [2.45, 2.75) is 19.0 Å². The van der Waals surface area contributed by atoms with Gasteiger partial charge in [0, 0.05) is 18.1 Å². The summed E-state index contributed by atoms with van der Waals surface area (Å²) in [6.45, 7) is 1.76. The third-order valence-electron chi connectivity index (χ3n) is 6.09. The van der Waals surface area contributed by atoms with Crippen LogP contribution in [0.2, 0.25) is 0 Å². The maximum Gasteiger partial charge on any atom is 0.194 e. The normalized spacial score (nSPS) is 17.9. The minimum Gasteiger partial charge on any atom is -0.351 e. The van der Waals surface area contributed by atoms with Crippen LogP contribution in [0, 0.1) is 12.7 Å². The zero-order valence-corrected chi connectivity index (χ0v) is 19.9. The summed E-state index contributed by atoms with van der Waals surface area (Å²) in [6, 6.07) is 22.8. The molecule has 3 aromatic heterocycles. The van der Waals surface area contributed by atoms with E-state index >= 15 is 0 Å². The van der Waals surface area contributed by atoms with Crippen LogP contribution < -0.4 is 10.2 Å². The number of thiocarbonyl (C=S) groups is 1. The molecule has 1 fully saturated rings. The summed E-state index contributed by atoms with van der Waals surface area (Å²) in [5.74, 6) is -0.238. The lowest BCUT2D eigenvalue weighted by Gasteiger charge is -2.28. The van der Waals surface area contributed by atoms with Crippen LogP contribution in [0.15, 0.2) is 85.2 Å². The molecule has 0 amide bonds. The second-order valence-corrected chi connectivity index (χ2v) is 9.59. The summed E-state index contributed by atoms with van der Waals surface area (Å²) >= 11 is 7.45. The third-order valence-corrected chi connectivity index (χ3v) is 7.44. The molecular formula is C26H20FN5S2. The van der Waals surface area contributed by atoms with Crippen LogP contribution in [0.1, 0.15) is 29.0 Å². The standard InChI is InChI=1S/C26H20FN5S2/c1-16-15-17(11-12-18(16)27)32-24(23(30-25(32)33)20-8-4-5-13-28-20)21-9-6-14-31(21)26-29-19-7-2-3-10-22(19)34-26/h2-15,23-24H,1H3,(H,30,33). The molecule has 1 saturated heterocycles. The van der Waals surface area contributed by atoms with E-state index in [-0.39, 0.29) is 17.9 Å². The van der Waals surface area contributed by atoms with E-state index in [1.54, 1.807) is 30.5 Å². The second-order valence-electron chi connectivity index (χ2n) is 8.20. The molecule has 0 saturated carbocycles. The molecule has 5 aromatic rings. The van der Waals surface area contributed by atoms with Crippen LogP contribution >= 0.6 is 23.6 Å². The minimum absolute atomic E-state index is 0.193. The number of rotatable bonds is 4. The van der Waals surface area contributed by atoms with Crippen molar-refractivity contribution in [3.05, 3.63) is 108 Å². The van der Waals surface area contributed by atoms with E-state index in [1.807, 2.05) is 54.7 Å². The van der Waals surface area contributed by atoms with Crippen molar-refractivity contribution in [1.82, 2.24) is 19.9 Å². The molecule has 34 heavy (non-hydrogen) atoms. The fourth-order valence-corrected chi connectivity index (χ4v) is 5.80. The van der Waals surface area contributed by atoms with Gasteiger partial charge in [0.15, 0.2) is 10.2 Å². The van der Waals surface area contributed by atoms with Crippen molar-refractivity contribution in [3.8, 4) is 5.13 Å². The highest BCUT2D eigenvalue weighted by atomic mass is 32.1. The van der Waals surface area contributed by atoms with Crippen molar-refractivity contribution < 1.29 is 4.39 Å². The Morgan fingerprint density at radius 2 is 1.88 bits per heavy atom. The number of aromatic nitrogens is 3. The average molecular weight is 486 g/mol. The summed E-state index contributed by atoms with van der Waals surface area (Å²) in [6.07, 6.45) is 3.81. The zero-order valence-electron chi connectivity index (χ0n) is 18.2. The van der Waals surface area contributed by atoms with Gasteiger partial charge in [0.25, 0.3) is 0 Å². The van der Waals surface area contributed by atoms with Crippen molar-refractivity contribution in [2.75, 3.05) is 4.90 Å². The summed E-state index contributed by atoms with van der Waals surface area (Å²) in [5.41, 5.74) is 4.27. The fourth-order valence-electron chi connectivity index (χ4n) is 4.48. The number of pyridine rings is 1. The number of fused-ring (bicyclic) bond motifs is 1. The zero-order chi connectivity index (χ0) is 23.2. The summed E-state index contributed by atoms with van der Waals surface area (Å²) < 4.78 is 17.3. The van der Waals surface area contributed by atoms with Gasteiger partial charge in [-0.15, -0.1) is 0 Å². The lowest BCUT2D eigenvalue weighted by atomic mass is 10.0. The number of aryl methyl sites for hydroxylation is 1. The predicted molar refractivity (Wildman–Crippen MR) is 138 cm³/mol. The van der Waals surface area contributed by atoms with E-state index in [0.717, 1.165) is 32.4 Å². The van der Waals surface area contributed by atoms with E-state index in [1.165, 1.54) is 6.07 Å². The molecule has 0 radical (unpaired) electrons. The van der Waals surface area contributed by atoms with Gasteiger partial charge in [-0.3, -0.25) is 9.55 Å². The van der Waals surface area contributed by atoms with Gasteiger partial charge in [-0.1, -0.05) is 29.5 Å². The molecule has 2 aromatic carbocycles. The maximum atomic E-state index is 14.1. The van der Waals surface area contributed by atoms with Gasteiger partial charge in [-0.25, -0.2) is 9.37 Å².